The Morgan fingerprint density at radius 2 is 1.89 bits per heavy atom. The van der Waals surface area contributed by atoms with Crippen LogP contribution in [0.15, 0.2) is 46.3 Å². The van der Waals surface area contributed by atoms with Crippen LogP contribution in [0.5, 0.6) is 17.2 Å². The maximum atomic E-state index is 12.6. The van der Waals surface area contributed by atoms with E-state index in [1.54, 1.807) is 24.3 Å². The zero-order valence-corrected chi connectivity index (χ0v) is 15.3. The van der Waals surface area contributed by atoms with E-state index in [0.29, 0.717) is 29.0 Å². The third kappa shape index (κ3) is 3.55. The number of anilines is 1. The van der Waals surface area contributed by atoms with Gasteiger partial charge in [-0.15, -0.1) is 0 Å². The van der Waals surface area contributed by atoms with Crippen LogP contribution in [0.3, 0.4) is 0 Å². The normalized spacial score (nSPS) is 11.1. The van der Waals surface area contributed by atoms with Crippen molar-refractivity contribution in [1.29, 1.82) is 0 Å². The summed E-state index contributed by atoms with van der Waals surface area (Å²) in [6.45, 7) is 2.32. The Morgan fingerprint density at radius 3 is 2.52 bits per heavy atom. The highest BCUT2D eigenvalue weighted by molar-refractivity contribution is 5.83. The smallest absolute Gasteiger partial charge is 0.262 e. The van der Waals surface area contributed by atoms with Crippen molar-refractivity contribution in [2.75, 3.05) is 19.6 Å². The summed E-state index contributed by atoms with van der Waals surface area (Å²) in [6.07, 6.45) is 1.52. The molecule has 8 nitrogen and oxygen atoms in total. The van der Waals surface area contributed by atoms with Crippen molar-refractivity contribution in [1.82, 2.24) is 9.55 Å². The van der Waals surface area contributed by atoms with Gasteiger partial charge in [-0.25, -0.2) is 10.4 Å². The minimum absolute atomic E-state index is 0.0823. The zero-order chi connectivity index (χ0) is 19.4. The van der Waals surface area contributed by atoms with E-state index in [2.05, 4.69) is 15.5 Å². The second-order valence-corrected chi connectivity index (χ2v) is 5.65. The Bertz CT molecular complexity index is 1030. The van der Waals surface area contributed by atoms with Gasteiger partial charge in [0.25, 0.3) is 5.56 Å². The van der Waals surface area contributed by atoms with Gasteiger partial charge in [-0.05, 0) is 31.2 Å². The first-order valence-corrected chi connectivity index (χ1v) is 8.32. The van der Waals surface area contributed by atoms with Gasteiger partial charge in [-0.2, -0.15) is 5.10 Å². The first-order valence-electron chi connectivity index (χ1n) is 8.32. The molecule has 27 heavy (non-hydrogen) atoms. The summed E-state index contributed by atoms with van der Waals surface area (Å²) in [5.41, 5.74) is 3.92. The van der Waals surface area contributed by atoms with Crippen LogP contribution >= 0.6 is 0 Å². The SMILES string of the molecule is CCn1c(N/N=C/c2cc(OC)c(O)c(OC)c2)nc2ccccc2c1=O. The van der Waals surface area contributed by atoms with Crippen LogP contribution in [-0.2, 0) is 6.54 Å². The number of hydrazone groups is 1. The van der Waals surface area contributed by atoms with Crippen LogP contribution in [-0.4, -0.2) is 35.1 Å². The fraction of sp³-hybridized carbons (Fsp3) is 0.211. The predicted octanol–water partition coefficient (Wildman–Crippen LogP) is 2.59. The van der Waals surface area contributed by atoms with Gasteiger partial charge in [0.05, 0.1) is 31.3 Å². The molecule has 0 bridgehead atoms. The summed E-state index contributed by atoms with van der Waals surface area (Å²) < 4.78 is 11.8. The monoisotopic (exact) mass is 368 g/mol. The number of ether oxygens (including phenoxy) is 2. The van der Waals surface area contributed by atoms with E-state index in [9.17, 15) is 9.90 Å². The number of aromatic nitrogens is 2. The molecule has 3 aromatic rings. The number of hydrogen-bond donors (Lipinski definition) is 2. The third-order valence-corrected chi connectivity index (χ3v) is 4.06. The Morgan fingerprint density at radius 1 is 1.22 bits per heavy atom. The number of para-hydroxylation sites is 1. The Labute approximate surface area is 155 Å². The highest BCUT2D eigenvalue weighted by Crippen LogP contribution is 2.36. The first kappa shape index (κ1) is 18.2. The van der Waals surface area contributed by atoms with E-state index >= 15 is 0 Å². The molecule has 0 aliphatic carbocycles. The molecule has 0 aliphatic heterocycles. The molecule has 0 aliphatic rings. The van der Waals surface area contributed by atoms with Crippen molar-refractivity contribution in [3.8, 4) is 17.2 Å². The number of benzene rings is 2. The number of nitrogens with zero attached hydrogens (tertiary/aromatic N) is 3. The van der Waals surface area contributed by atoms with Crippen molar-refractivity contribution < 1.29 is 14.6 Å². The van der Waals surface area contributed by atoms with Gasteiger partial charge in [0.15, 0.2) is 11.5 Å². The minimum atomic E-state index is -0.131. The average molecular weight is 368 g/mol. The molecule has 2 N–H and O–H groups in total. The lowest BCUT2D eigenvalue weighted by Crippen LogP contribution is -2.23. The maximum Gasteiger partial charge on any atom is 0.262 e. The van der Waals surface area contributed by atoms with Crippen molar-refractivity contribution in [2.45, 2.75) is 13.5 Å². The number of methoxy groups -OCH3 is 2. The highest BCUT2D eigenvalue weighted by Gasteiger charge is 2.11. The van der Waals surface area contributed by atoms with Crippen molar-refractivity contribution >= 4 is 23.1 Å². The van der Waals surface area contributed by atoms with Gasteiger partial charge >= 0.3 is 0 Å². The fourth-order valence-electron chi connectivity index (χ4n) is 2.70. The molecule has 3 rings (SSSR count). The molecule has 1 aromatic heterocycles. The van der Waals surface area contributed by atoms with Gasteiger partial charge in [0, 0.05) is 12.1 Å². The van der Waals surface area contributed by atoms with E-state index in [1.165, 1.54) is 25.0 Å². The van der Waals surface area contributed by atoms with E-state index in [4.69, 9.17) is 9.47 Å². The van der Waals surface area contributed by atoms with Crippen molar-refractivity contribution in [2.24, 2.45) is 5.10 Å². The average Bonchev–Trinajstić information content (AvgIpc) is 2.69. The molecule has 0 fully saturated rings. The summed E-state index contributed by atoms with van der Waals surface area (Å²) in [5.74, 6) is 0.798. The number of phenolic OH excluding ortho intramolecular Hbond substituents is 1. The second kappa shape index (κ2) is 7.77. The van der Waals surface area contributed by atoms with Crippen LogP contribution in [0.1, 0.15) is 12.5 Å². The largest absolute Gasteiger partial charge is 0.502 e. The molecule has 8 heteroatoms. The van der Waals surface area contributed by atoms with E-state index < -0.39 is 0 Å². The molecule has 1 heterocycles. The number of phenols is 1. The number of hydrogen-bond acceptors (Lipinski definition) is 7. The van der Waals surface area contributed by atoms with Crippen molar-refractivity contribution in [3.63, 3.8) is 0 Å². The molecule has 0 spiro atoms. The molecule has 0 amide bonds. The molecule has 2 aromatic carbocycles. The molecule has 0 radical (unpaired) electrons. The van der Waals surface area contributed by atoms with Crippen LogP contribution < -0.4 is 20.5 Å². The Hall–Kier alpha value is -3.55. The first-order chi connectivity index (χ1) is 13.1. The molecule has 0 atom stereocenters. The molecule has 140 valence electrons. The summed E-state index contributed by atoms with van der Waals surface area (Å²) in [4.78, 5) is 17.1. The van der Waals surface area contributed by atoms with Crippen LogP contribution in [0.4, 0.5) is 5.95 Å². The highest BCUT2D eigenvalue weighted by atomic mass is 16.5. The summed E-state index contributed by atoms with van der Waals surface area (Å²) in [5, 5.41) is 14.7. The van der Waals surface area contributed by atoms with Crippen LogP contribution in [0, 0.1) is 0 Å². The minimum Gasteiger partial charge on any atom is -0.502 e. The van der Waals surface area contributed by atoms with E-state index in [1.807, 2.05) is 19.1 Å². The molecular weight excluding hydrogens is 348 g/mol. The van der Waals surface area contributed by atoms with Gasteiger partial charge in [-0.3, -0.25) is 9.36 Å². The fourth-order valence-corrected chi connectivity index (χ4v) is 2.70. The van der Waals surface area contributed by atoms with E-state index in [0.717, 1.165) is 0 Å². The number of fused-ring (bicyclic) bond motifs is 1. The van der Waals surface area contributed by atoms with Gasteiger partial charge in [0.1, 0.15) is 0 Å². The molecule has 0 saturated carbocycles. The third-order valence-electron chi connectivity index (χ3n) is 4.06. The predicted molar refractivity (Wildman–Crippen MR) is 104 cm³/mol. The van der Waals surface area contributed by atoms with E-state index in [-0.39, 0.29) is 22.8 Å². The Kier molecular flexibility index (Phi) is 5.25. The van der Waals surface area contributed by atoms with Crippen LogP contribution in [0.25, 0.3) is 10.9 Å². The maximum absolute atomic E-state index is 12.6. The second-order valence-electron chi connectivity index (χ2n) is 5.65. The lowest BCUT2D eigenvalue weighted by atomic mass is 10.2. The van der Waals surface area contributed by atoms with Crippen molar-refractivity contribution in [3.05, 3.63) is 52.3 Å². The van der Waals surface area contributed by atoms with Crippen LogP contribution in [0.2, 0.25) is 0 Å². The number of aromatic hydroxyl groups is 1. The molecule has 0 saturated heterocycles. The molecular formula is C19H20N4O4. The quantitative estimate of drug-likeness (QED) is 0.513. The topological polar surface area (TPSA) is 98.0 Å². The summed E-state index contributed by atoms with van der Waals surface area (Å²) in [7, 11) is 2.90. The Balaban J connectivity index is 1.94. The summed E-state index contributed by atoms with van der Waals surface area (Å²) >= 11 is 0. The lowest BCUT2D eigenvalue weighted by Gasteiger charge is -2.11. The zero-order valence-electron chi connectivity index (χ0n) is 15.3. The summed E-state index contributed by atoms with van der Waals surface area (Å²) in [6, 6.07) is 10.4. The van der Waals surface area contributed by atoms with Gasteiger partial charge in [-0.1, -0.05) is 12.1 Å². The van der Waals surface area contributed by atoms with Gasteiger partial charge in [0.2, 0.25) is 11.7 Å². The lowest BCUT2D eigenvalue weighted by molar-refractivity contribution is 0.340. The number of rotatable bonds is 6. The molecule has 0 unspecified atom stereocenters. The standard InChI is InChI=1S/C19H20N4O4/c1-4-23-18(25)13-7-5-6-8-14(13)21-19(23)22-20-11-12-9-15(26-2)17(24)16(10-12)27-3/h5-11,24H,4H2,1-3H3,(H,21,22)/b20-11+. The van der Waals surface area contributed by atoms with Gasteiger partial charge < -0.3 is 14.6 Å². The number of nitrogens with one attached hydrogen (secondary N) is 1.